The maximum atomic E-state index is 12.9. The number of quaternary nitrogens is 1. The van der Waals surface area contributed by atoms with Crippen LogP contribution in [0.4, 0.5) is 0 Å². The minimum atomic E-state index is 0.0698. The van der Waals surface area contributed by atoms with Gasteiger partial charge in [-0.15, -0.1) is 0 Å². The number of likely N-dealkylation sites (tertiary alicyclic amines) is 1. The lowest BCUT2D eigenvalue weighted by molar-refractivity contribution is -0.907. The first-order valence-electron chi connectivity index (χ1n) is 11.4. The van der Waals surface area contributed by atoms with Crippen LogP contribution in [-0.4, -0.2) is 31.7 Å². The number of esters is 1. The number of carbonyl (C=O) groups is 1. The van der Waals surface area contributed by atoms with Crippen molar-refractivity contribution in [1.29, 1.82) is 0 Å². The highest BCUT2D eigenvalue weighted by Gasteiger charge is 2.53. The highest BCUT2D eigenvalue weighted by atomic mass is 16.6. The van der Waals surface area contributed by atoms with E-state index in [2.05, 4.69) is 40.7 Å². The molecule has 152 valence electrons. The molecule has 0 spiro atoms. The van der Waals surface area contributed by atoms with Gasteiger partial charge in [-0.3, -0.25) is 4.79 Å². The summed E-state index contributed by atoms with van der Waals surface area (Å²) in [7, 11) is 0. The number of rotatable bonds is 2. The van der Waals surface area contributed by atoms with Gasteiger partial charge in [-0.25, -0.2) is 0 Å². The molecule has 0 aromatic rings. The summed E-state index contributed by atoms with van der Waals surface area (Å²) in [6.45, 7) is 15.4. The van der Waals surface area contributed by atoms with Crippen LogP contribution in [0.2, 0.25) is 0 Å². The fraction of sp³-hybridized carbons (Fsp3) is 0.875. The molecule has 4 rings (SSSR count). The van der Waals surface area contributed by atoms with Gasteiger partial charge in [0.15, 0.2) is 0 Å². The van der Waals surface area contributed by atoms with Crippen LogP contribution in [-0.2, 0) is 9.53 Å². The lowest BCUT2D eigenvalue weighted by Crippen LogP contribution is -3.13. The van der Waals surface area contributed by atoms with Gasteiger partial charge in [-0.1, -0.05) is 52.7 Å². The first-order valence-corrected chi connectivity index (χ1v) is 11.4. The third kappa shape index (κ3) is 3.73. The summed E-state index contributed by atoms with van der Waals surface area (Å²) in [6, 6.07) is 0. The summed E-state index contributed by atoms with van der Waals surface area (Å²) < 4.78 is 5.98. The van der Waals surface area contributed by atoms with Gasteiger partial charge in [-0.05, 0) is 49.4 Å². The number of fused-ring (bicyclic) bond motifs is 2. The number of ether oxygens (including phenoxy) is 1. The Hall–Kier alpha value is -0.830. The van der Waals surface area contributed by atoms with Crippen molar-refractivity contribution in [2.75, 3.05) is 19.6 Å². The normalized spacial score (nSPS) is 46.7. The Morgan fingerprint density at radius 2 is 1.96 bits per heavy atom. The largest absolute Gasteiger partial charge is 0.461 e. The standard InChI is InChI=1S/C24H39NO2/c1-16-8-10-25(15-23(3,4)12-16)14-19-18-11-20-17(2)7-6-9-24(20,5)13-21(18)27-22(19)26/h11,16-19,21H,6-10,12-15H2,1-5H3/p+1/t16-,17-,18+,19+,21+,24+/m0/s1. The SMILES string of the molecule is C[C@H]1CC[NH+](C[C@H]2C(=O)O[C@@H]3C[C@@]4(C)CCC[C@H](C)C4=C[C@@H]32)CC(C)(C)C1. The van der Waals surface area contributed by atoms with Gasteiger partial charge in [0.2, 0.25) is 0 Å². The van der Waals surface area contributed by atoms with Crippen LogP contribution in [0, 0.1) is 34.5 Å². The minimum Gasteiger partial charge on any atom is -0.461 e. The molecule has 0 radical (unpaired) electrons. The zero-order valence-electron chi connectivity index (χ0n) is 18.1. The number of hydrogen-bond acceptors (Lipinski definition) is 2. The third-order valence-corrected chi connectivity index (χ3v) is 8.21. The molecule has 0 amide bonds. The van der Waals surface area contributed by atoms with Gasteiger partial charge >= 0.3 is 5.97 Å². The minimum absolute atomic E-state index is 0.0698. The lowest BCUT2D eigenvalue weighted by atomic mass is 9.59. The first-order chi connectivity index (χ1) is 12.7. The van der Waals surface area contributed by atoms with Crippen LogP contribution in [0.1, 0.15) is 73.1 Å². The highest BCUT2D eigenvalue weighted by molar-refractivity contribution is 5.76. The van der Waals surface area contributed by atoms with Crippen LogP contribution in [0.15, 0.2) is 11.6 Å². The molecule has 2 heterocycles. The smallest absolute Gasteiger partial charge is 0.315 e. The Bertz CT molecular complexity index is 624. The van der Waals surface area contributed by atoms with Crippen molar-refractivity contribution in [1.82, 2.24) is 0 Å². The molecule has 1 saturated carbocycles. The molecule has 4 aliphatic rings. The second-order valence-electron chi connectivity index (χ2n) is 11.5. The first kappa shape index (κ1) is 19.5. The van der Waals surface area contributed by atoms with Gasteiger partial charge in [0.05, 0.1) is 19.6 Å². The molecule has 2 aliphatic carbocycles. The second kappa shape index (κ2) is 6.90. The summed E-state index contributed by atoms with van der Waals surface area (Å²) in [5, 5.41) is 0. The van der Waals surface area contributed by atoms with Crippen LogP contribution >= 0.6 is 0 Å². The Morgan fingerprint density at radius 3 is 2.74 bits per heavy atom. The molecular formula is C24H40NO2+. The Labute approximate surface area is 165 Å². The molecule has 0 aromatic heterocycles. The molecule has 3 fully saturated rings. The Morgan fingerprint density at radius 1 is 1.19 bits per heavy atom. The maximum Gasteiger partial charge on any atom is 0.315 e. The van der Waals surface area contributed by atoms with Crippen molar-refractivity contribution < 1.29 is 14.4 Å². The zero-order valence-corrected chi connectivity index (χ0v) is 18.1. The average Bonchev–Trinajstić information content (AvgIpc) is 2.76. The molecule has 0 aromatic carbocycles. The monoisotopic (exact) mass is 374 g/mol. The maximum absolute atomic E-state index is 12.9. The van der Waals surface area contributed by atoms with E-state index in [4.69, 9.17) is 4.74 Å². The number of nitrogens with one attached hydrogen (secondary N) is 1. The van der Waals surface area contributed by atoms with E-state index in [0.29, 0.717) is 17.3 Å². The van der Waals surface area contributed by atoms with Crippen molar-refractivity contribution in [3.8, 4) is 0 Å². The predicted octanol–water partition coefficient (Wildman–Crippen LogP) is 3.64. The van der Waals surface area contributed by atoms with E-state index in [0.717, 1.165) is 18.9 Å². The predicted molar refractivity (Wildman–Crippen MR) is 108 cm³/mol. The fourth-order valence-electron chi connectivity index (χ4n) is 7.10. The van der Waals surface area contributed by atoms with Gasteiger partial charge in [0.1, 0.15) is 12.0 Å². The van der Waals surface area contributed by atoms with Crippen molar-refractivity contribution in [3.05, 3.63) is 11.6 Å². The van der Waals surface area contributed by atoms with Crippen molar-refractivity contribution in [2.45, 2.75) is 79.2 Å². The molecular weight excluding hydrogens is 334 g/mol. The van der Waals surface area contributed by atoms with Crippen LogP contribution in [0.25, 0.3) is 0 Å². The summed E-state index contributed by atoms with van der Waals surface area (Å²) in [6.07, 6.45) is 10.2. The molecule has 2 saturated heterocycles. The molecule has 2 aliphatic heterocycles. The van der Waals surface area contributed by atoms with E-state index in [-0.39, 0.29) is 23.4 Å². The number of allylic oxidation sites excluding steroid dienone is 1. The van der Waals surface area contributed by atoms with Gasteiger partial charge in [0, 0.05) is 11.3 Å². The van der Waals surface area contributed by atoms with Crippen LogP contribution < -0.4 is 4.90 Å². The van der Waals surface area contributed by atoms with Crippen molar-refractivity contribution >= 4 is 5.97 Å². The van der Waals surface area contributed by atoms with E-state index in [1.54, 1.807) is 10.5 Å². The molecule has 27 heavy (non-hydrogen) atoms. The zero-order chi connectivity index (χ0) is 19.4. The summed E-state index contributed by atoms with van der Waals surface area (Å²) >= 11 is 0. The molecule has 7 atom stereocenters. The fourth-order valence-corrected chi connectivity index (χ4v) is 7.10. The van der Waals surface area contributed by atoms with E-state index >= 15 is 0 Å². The average molecular weight is 375 g/mol. The second-order valence-corrected chi connectivity index (χ2v) is 11.5. The Balaban J connectivity index is 1.54. The molecule has 3 nitrogen and oxygen atoms in total. The van der Waals surface area contributed by atoms with Gasteiger partial charge < -0.3 is 9.64 Å². The Kier molecular flexibility index (Phi) is 4.98. The van der Waals surface area contributed by atoms with Crippen molar-refractivity contribution in [3.63, 3.8) is 0 Å². The van der Waals surface area contributed by atoms with Crippen molar-refractivity contribution in [2.24, 2.45) is 34.5 Å². The molecule has 0 bridgehead atoms. The van der Waals surface area contributed by atoms with E-state index in [1.165, 1.54) is 45.2 Å². The molecule has 1 unspecified atom stereocenters. The van der Waals surface area contributed by atoms with Gasteiger partial charge in [0.25, 0.3) is 0 Å². The number of hydrogen-bond donors (Lipinski definition) is 1. The summed E-state index contributed by atoms with van der Waals surface area (Å²) in [4.78, 5) is 14.5. The van der Waals surface area contributed by atoms with Gasteiger partial charge in [-0.2, -0.15) is 0 Å². The van der Waals surface area contributed by atoms with E-state index in [1.807, 2.05) is 0 Å². The molecule has 3 heteroatoms. The third-order valence-electron chi connectivity index (χ3n) is 8.21. The van der Waals surface area contributed by atoms with Crippen LogP contribution in [0.3, 0.4) is 0 Å². The summed E-state index contributed by atoms with van der Waals surface area (Å²) in [5.74, 6) is 1.94. The topological polar surface area (TPSA) is 30.7 Å². The number of carbonyl (C=O) groups excluding carboxylic acids is 1. The quantitative estimate of drug-likeness (QED) is 0.591. The highest BCUT2D eigenvalue weighted by Crippen LogP contribution is 2.53. The van der Waals surface area contributed by atoms with E-state index < -0.39 is 0 Å². The van der Waals surface area contributed by atoms with Crippen LogP contribution in [0.5, 0.6) is 0 Å². The summed E-state index contributed by atoms with van der Waals surface area (Å²) in [5.41, 5.74) is 2.27. The lowest BCUT2D eigenvalue weighted by Gasteiger charge is -2.46. The molecule has 1 N–H and O–H groups in total. The van der Waals surface area contributed by atoms with E-state index in [9.17, 15) is 4.79 Å².